The van der Waals surface area contributed by atoms with Gasteiger partial charge in [-0.3, -0.25) is 9.59 Å². The van der Waals surface area contributed by atoms with E-state index in [0.717, 1.165) is 22.3 Å². The summed E-state index contributed by atoms with van der Waals surface area (Å²) in [4.78, 5) is 29.4. The quantitative estimate of drug-likeness (QED) is 0.146. The van der Waals surface area contributed by atoms with Crippen LogP contribution in [-0.4, -0.2) is 68.4 Å². The Kier molecular flexibility index (Phi) is 10.0. The molecule has 0 spiro atoms. The summed E-state index contributed by atoms with van der Waals surface area (Å²) in [5.74, 6) is 3.30. The standard InChI is InChI=1S/C38H40O10/c1-41-28-11-9-22(14-30(28)43-3)13-24-16-32(45-5)33(46-6)17-25(24)21-38(20-23-10-12-29(42-2)31(15-23)44-4)36(39)26-18-34(47-7)35(48-8)19-27(26)37(38)40/h9-12,14-19H,13,20-21H2,1-8H3. The molecule has 4 aromatic rings. The number of methoxy groups -OCH3 is 8. The first kappa shape index (κ1) is 34.0. The van der Waals surface area contributed by atoms with Gasteiger partial charge in [-0.1, -0.05) is 12.1 Å². The molecule has 5 rings (SSSR count). The monoisotopic (exact) mass is 656 g/mol. The third kappa shape index (κ3) is 6.05. The largest absolute Gasteiger partial charge is 0.493 e. The molecule has 0 N–H and O–H groups in total. The van der Waals surface area contributed by atoms with Gasteiger partial charge in [0.2, 0.25) is 0 Å². The van der Waals surface area contributed by atoms with E-state index in [4.69, 9.17) is 37.9 Å². The molecule has 0 bridgehead atoms. The van der Waals surface area contributed by atoms with Crippen molar-refractivity contribution in [2.75, 3.05) is 56.9 Å². The first-order valence-corrected chi connectivity index (χ1v) is 15.2. The Bertz CT molecular complexity index is 1800. The van der Waals surface area contributed by atoms with Gasteiger partial charge >= 0.3 is 0 Å². The molecule has 0 heterocycles. The van der Waals surface area contributed by atoms with Crippen molar-refractivity contribution in [1.82, 2.24) is 0 Å². The summed E-state index contributed by atoms with van der Waals surface area (Å²) < 4.78 is 44.4. The van der Waals surface area contributed by atoms with Crippen LogP contribution in [0.1, 0.15) is 43.0 Å². The summed E-state index contributed by atoms with van der Waals surface area (Å²) in [6.07, 6.45) is 0.606. The summed E-state index contributed by atoms with van der Waals surface area (Å²) >= 11 is 0. The normalized spacial score (nSPS) is 13.1. The van der Waals surface area contributed by atoms with E-state index >= 15 is 0 Å². The molecule has 0 atom stereocenters. The Morgan fingerprint density at radius 3 is 1.25 bits per heavy atom. The van der Waals surface area contributed by atoms with E-state index in [2.05, 4.69) is 0 Å². The Balaban J connectivity index is 1.70. The van der Waals surface area contributed by atoms with Crippen molar-refractivity contribution in [1.29, 1.82) is 0 Å². The first-order valence-electron chi connectivity index (χ1n) is 15.2. The Morgan fingerprint density at radius 2 is 0.792 bits per heavy atom. The summed E-state index contributed by atoms with van der Waals surface area (Å²) in [6.45, 7) is 0. The Morgan fingerprint density at radius 1 is 0.417 bits per heavy atom. The van der Waals surface area contributed by atoms with Gasteiger partial charge in [-0.05, 0) is 90.0 Å². The molecule has 48 heavy (non-hydrogen) atoms. The minimum atomic E-state index is -1.52. The van der Waals surface area contributed by atoms with Crippen molar-refractivity contribution in [3.8, 4) is 46.0 Å². The van der Waals surface area contributed by atoms with Crippen LogP contribution in [0, 0.1) is 5.41 Å². The third-order valence-corrected chi connectivity index (χ3v) is 8.88. The summed E-state index contributed by atoms with van der Waals surface area (Å²) in [7, 11) is 12.4. The molecule has 1 aliphatic carbocycles. The lowest BCUT2D eigenvalue weighted by atomic mass is 9.71. The smallest absolute Gasteiger partial charge is 0.178 e. The predicted molar refractivity (Wildman–Crippen MR) is 179 cm³/mol. The maximum absolute atomic E-state index is 14.7. The molecule has 0 unspecified atom stereocenters. The number of ether oxygens (including phenoxy) is 8. The van der Waals surface area contributed by atoms with Gasteiger partial charge in [0.25, 0.3) is 0 Å². The maximum atomic E-state index is 14.7. The number of rotatable bonds is 14. The third-order valence-electron chi connectivity index (χ3n) is 8.88. The van der Waals surface area contributed by atoms with Gasteiger partial charge in [0.05, 0.1) is 56.9 Å². The van der Waals surface area contributed by atoms with Gasteiger partial charge in [0.1, 0.15) is 5.41 Å². The van der Waals surface area contributed by atoms with Crippen molar-refractivity contribution >= 4 is 11.6 Å². The van der Waals surface area contributed by atoms with Crippen molar-refractivity contribution in [3.05, 3.63) is 94.0 Å². The lowest BCUT2D eigenvalue weighted by Gasteiger charge is -2.28. The zero-order valence-electron chi connectivity index (χ0n) is 28.5. The van der Waals surface area contributed by atoms with Gasteiger partial charge < -0.3 is 37.9 Å². The molecule has 0 saturated carbocycles. The van der Waals surface area contributed by atoms with E-state index < -0.39 is 5.41 Å². The SMILES string of the molecule is COc1ccc(Cc2cc(OC)c(OC)cc2CC2(Cc3ccc(OC)c(OC)c3)C(=O)c3cc(OC)c(OC)cc3C2=O)cc1OC. The molecule has 4 aromatic carbocycles. The summed E-state index contributed by atoms with van der Waals surface area (Å²) in [5.41, 5.74) is 2.28. The van der Waals surface area contributed by atoms with Gasteiger partial charge in [-0.2, -0.15) is 0 Å². The average molecular weight is 657 g/mol. The highest BCUT2D eigenvalue weighted by atomic mass is 16.5. The first-order chi connectivity index (χ1) is 23.2. The molecule has 0 saturated heterocycles. The number of hydrogen-bond acceptors (Lipinski definition) is 10. The number of carbonyl (C=O) groups excluding carboxylic acids is 2. The van der Waals surface area contributed by atoms with Crippen LogP contribution in [0.3, 0.4) is 0 Å². The van der Waals surface area contributed by atoms with Crippen LogP contribution >= 0.6 is 0 Å². The van der Waals surface area contributed by atoms with E-state index in [1.54, 1.807) is 66.9 Å². The fraction of sp³-hybridized carbons (Fsp3) is 0.316. The molecule has 10 heteroatoms. The zero-order valence-corrected chi connectivity index (χ0v) is 28.5. The van der Waals surface area contributed by atoms with Gasteiger partial charge in [-0.25, -0.2) is 0 Å². The topological polar surface area (TPSA) is 108 Å². The van der Waals surface area contributed by atoms with Crippen LogP contribution in [0.5, 0.6) is 46.0 Å². The van der Waals surface area contributed by atoms with E-state index in [-0.39, 0.29) is 35.5 Å². The predicted octanol–water partition coefficient (Wildman–Crippen LogP) is 6.20. The van der Waals surface area contributed by atoms with Crippen molar-refractivity contribution in [2.24, 2.45) is 5.41 Å². The second kappa shape index (κ2) is 14.2. The van der Waals surface area contributed by atoms with E-state index in [1.807, 2.05) is 36.4 Å². The Hall–Kier alpha value is -5.38. The lowest BCUT2D eigenvalue weighted by molar-refractivity contribution is 0.0694. The number of carbonyl (C=O) groups is 2. The Labute approximate surface area is 280 Å². The molecule has 0 amide bonds. The maximum Gasteiger partial charge on any atom is 0.178 e. The number of fused-ring (bicyclic) bond motifs is 1. The number of benzene rings is 4. The van der Waals surface area contributed by atoms with E-state index in [0.29, 0.717) is 52.4 Å². The molecule has 0 fully saturated rings. The fourth-order valence-electron chi connectivity index (χ4n) is 6.42. The minimum absolute atomic E-state index is 0.0707. The van der Waals surface area contributed by atoms with Crippen LogP contribution < -0.4 is 37.9 Å². The van der Waals surface area contributed by atoms with Crippen molar-refractivity contribution in [2.45, 2.75) is 19.3 Å². The molecule has 1 aliphatic rings. The number of Topliss-reactive ketones (excluding diaryl/α,β-unsaturated/α-hetero) is 2. The molecule has 10 nitrogen and oxygen atoms in total. The molecule has 0 aliphatic heterocycles. The van der Waals surface area contributed by atoms with E-state index in [9.17, 15) is 9.59 Å². The molecular formula is C38H40O10. The van der Waals surface area contributed by atoms with Gasteiger partial charge in [0.15, 0.2) is 57.6 Å². The second-order valence-corrected chi connectivity index (χ2v) is 11.4. The molecule has 0 radical (unpaired) electrons. The van der Waals surface area contributed by atoms with Crippen LogP contribution in [0.25, 0.3) is 0 Å². The van der Waals surface area contributed by atoms with Crippen LogP contribution in [0.2, 0.25) is 0 Å². The highest BCUT2D eigenvalue weighted by Crippen LogP contribution is 2.47. The average Bonchev–Trinajstić information content (AvgIpc) is 3.31. The fourth-order valence-corrected chi connectivity index (χ4v) is 6.42. The number of hydrogen-bond donors (Lipinski definition) is 0. The molecular weight excluding hydrogens is 616 g/mol. The molecule has 252 valence electrons. The zero-order chi connectivity index (χ0) is 34.6. The van der Waals surface area contributed by atoms with Gasteiger partial charge in [0, 0.05) is 11.1 Å². The summed E-state index contributed by atoms with van der Waals surface area (Å²) in [5, 5.41) is 0. The number of ketones is 2. The van der Waals surface area contributed by atoms with E-state index in [1.165, 1.54) is 14.2 Å². The van der Waals surface area contributed by atoms with Crippen molar-refractivity contribution in [3.63, 3.8) is 0 Å². The minimum Gasteiger partial charge on any atom is -0.493 e. The lowest BCUT2D eigenvalue weighted by Crippen LogP contribution is -2.38. The van der Waals surface area contributed by atoms with Crippen LogP contribution in [0.4, 0.5) is 0 Å². The van der Waals surface area contributed by atoms with Crippen LogP contribution in [-0.2, 0) is 19.3 Å². The second-order valence-electron chi connectivity index (χ2n) is 11.4. The summed E-state index contributed by atoms with van der Waals surface area (Å²) in [6, 6.07) is 18.0. The molecule has 0 aromatic heterocycles. The van der Waals surface area contributed by atoms with Crippen molar-refractivity contribution < 1.29 is 47.5 Å². The highest BCUT2D eigenvalue weighted by Gasteiger charge is 2.53. The highest BCUT2D eigenvalue weighted by molar-refractivity contribution is 6.30. The van der Waals surface area contributed by atoms with Gasteiger partial charge in [-0.15, -0.1) is 0 Å². The van der Waals surface area contributed by atoms with Crippen LogP contribution in [0.15, 0.2) is 60.7 Å².